The number of benzene rings is 2. The van der Waals surface area contributed by atoms with Crippen molar-refractivity contribution in [2.24, 2.45) is 11.1 Å². The minimum absolute atomic E-state index is 0.00788. The molecule has 164 valence electrons. The van der Waals surface area contributed by atoms with Gasteiger partial charge in [-0.3, -0.25) is 4.79 Å². The molecule has 0 aromatic heterocycles. The third-order valence-electron chi connectivity index (χ3n) is 5.30. The van der Waals surface area contributed by atoms with Crippen LogP contribution in [0.5, 0.6) is 0 Å². The number of carbonyl (C=O) groups excluding carboxylic acids is 1. The standard InChI is InChI=1S/C22H19Cl2F3N2O2/c23-18-8-5-15(9-19(18)24)20-10-17(31-28-20)12-29(21(30)14-3-4-14)11-13-1-6-16(7-2-13)22(25,26)27/h1-2,5-9,14,17H,3-4,10-12H2/t17-/m0/s1. The Morgan fingerprint density at radius 1 is 1.10 bits per heavy atom. The molecule has 2 aromatic rings. The molecule has 0 saturated heterocycles. The predicted octanol–water partition coefficient (Wildman–Crippen LogP) is 5.94. The van der Waals surface area contributed by atoms with Gasteiger partial charge in [0.2, 0.25) is 5.91 Å². The highest BCUT2D eigenvalue weighted by atomic mass is 35.5. The molecule has 2 aliphatic rings. The Morgan fingerprint density at radius 2 is 1.81 bits per heavy atom. The first-order chi connectivity index (χ1) is 14.7. The number of oxime groups is 1. The Hall–Kier alpha value is -2.25. The highest BCUT2D eigenvalue weighted by Gasteiger charge is 2.36. The largest absolute Gasteiger partial charge is 0.416 e. The minimum Gasteiger partial charge on any atom is -0.390 e. The molecular weight excluding hydrogens is 452 g/mol. The molecule has 0 unspecified atom stereocenters. The molecule has 1 saturated carbocycles. The molecule has 1 fully saturated rings. The van der Waals surface area contributed by atoms with Crippen molar-refractivity contribution < 1.29 is 22.8 Å². The van der Waals surface area contributed by atoms with Gasteiger partial charge in [0.05, 0.1) is 27.9 Å². The fraction of sp³-hybridized carbons (Fsp3) is 0.364. The molecule has 9 heteroatoms. The van der Waals surface area contributed by atoms with Crippen LogP contribution < -0.4 is 0 Å². The average molecular weight is 471 g/mol. The van der Waals surface area contributed by atoms with Crippen LogP contribution in [0.2, 0.25) is 10.0 Å². The zero-order valence-corrected chi connectivity index (χ0v) is 17.8. The second-order valence-corrected chi connectivity index (χ2v) is 8.60. The molecule has 4 nitrogen and oxygen atoms in total. The lowest BCUT2D eigenvalue weighted by molar-refractivity contribution is -0.138. The molecule has 1 amide bonds. The summed E-state index contributed by atoms with van der Waals surface area (Å²) in [5.74, 6) is -0.0298. The van der Waals surface area contributed by atoms with Crippen molar-refractivity contribution in [2.75, 3.05) is 6.54 Å². The number of amides is 1. The van der Waals surface area contributed by atoms with E-state index in [-0.39, 0.29) is 24.5 Å². The third kappa shape index (κ3) is 5.33. The third-order valence-corrected chi connectivity index (χ3v) is 6.04. The Bertz CT molecular complexity index is 1000. The number of halogens is 5. The molecular formula is C22H19Cl2F3N2O2. The van der Waals surface area contributed by atoms with Crippen LogP contribution in [0.4, 0.5) is 13.2 Å². The number of alkyl halides is 3. The van der Waals surface area contributed by atoms with Crippen LogP contribution in [0.3, 0.4) is 0 Å². The summed E-state index contributed by atoms with van der Waals surface area (Å²) in [6, 6.07) is 10.1. The number of rotatable bonds is 6. The summed E-state index contributed by atoms with van der Waals surface area (Å²) in [6.07, 6.45) is -2.59. The molecule has 0 bridgehead atoms. The fourth-order valence-corrected chi connectivity index (χ4v) is 3.76. The summed E-state index contributed by atoms with van der Waals surface area (Å²) in [7, 11) is 0. The first-order valence-corrected chi connectivity index (χ1v) is 10.6. The minimum atomic E-state index is -4.39. The summed E-state index contributed by atoms with van der Waals surface area (Å²) in [6.45, 7) is 0.514. The van der Waals surface area contributed by atoms with Gasteiger partial charge in [-0.25, -0.2) is 0 Å². The van der Waals surface area contributed by atoms with E-state index in [1.54, 1.807) is 23.1 Å². The number of hydrogen-bond donors (Lipinski definition) is 0. The molecule has 1 aliphatic carbocycles. The second kappa shape index (κ2) is 8.71. The van der Waals surface area contributed by atoms with Gasteiger partial charge >= 0.3 is 6.18 Å². The van der Waals surface area contributed by atoms with Gasteiger partial charge in [-0.05, 0) is 42.7 Å². The van der Waals surface area contributed by atoms with Crippen molar-refractivity contribution in [2.45, 2.75) is 38.1 Å². The van der Waals surface area contributed by atoms with Crippen LogP contribution in [0.1, 0.15) is 36.0 Å². The van der Waals surface area contributed by atoms with Gasteiger partial charge in [0, 0.05) is 24.4 Å². The molecule has 2 aromatic carbocycles. The van der Waals surface area contributed by atoms with E-state index in [1.165, 1.54) is 12.1 Å². The summed E-state index contributed by atoms with van der Waals surface area (Å²) in [5, 5.41) is 4.99. The molecule has 1 heterocycles. The Morgan fingerprint density at radius 3 is 2.42 bits per heavy atom. The number of nitrogens with zero attached hydrogens (tertiary/aromatic N) is 2. The van der Waals surface area contributed by atoms with Crippen molar-refractivity contribution in [3.63, 3.8) is 0 Å². The van der Waals surface area contributed by atoms with E-state index in [9.17, 15) is 18.0 Å². The van der Waals surface area contributed by atoms with Gasteiger partial charge in [-0.15, -0.1) is 0 Å². The van der Waals surface area contributed by atoms with Gasteiger partial charge in [0.25, 0.3) is 0 Å². The predicted molar refractivity (Wildman–Crippen MR) is 112 cm³/mol. The second-order valence-electron chi connectivity index (χ2n) is 7.79. The lowest BCUT2D eigenvalue weighted by atomic mass is 10.0. The number of carbonyl (C=O) groups is 1. The van der Waals surface area contributed by atoms with Crippen LogP contribution >= 0.6 is 23.2 Å². The van der Waals surface area contributed by atoms with Crippen molar-refractivity contribution in [3.8, 4) is 0 Å². The van der Waals surface area contributed by atoms with Gasteiger partial charge in [-0.1, -0.05) is 46.6 Å². The van der Waals surface area contributed by atoms with Crippen molar-refractivity contribution in [1.29, 1.82) is 0 Å². The maximum absolute atomic E-state index is 12.8. The normalized spacial score (nSPS) is 18.5. The highest BCUT2D eigenvalue weighted by Crippen LogP contribution is 2.33. The molecule has 0 spiro atoms. The topological polar surface area (TPSA) is 41.9 Å². The van der Waals surface area contributed by atoms with Crippen LogP contribution in [0, 0.1) is 5.92 Å². The van der Waals surface area contributed by atoms with Gasteiger partial charge in [0.1, 0.15) is 0 Å². The van der Waals surface area contributed by atoms with E-state index in [1.807, 2.05) is 0 Å². The van der Waals surface area contributed by atoms with Crippen molar-refractivity contribution in [1.82, 2.24) is 4.90 Å². The first kappa shape index (κ1) is 22.0. The van der Waals surface area contributed by atoms with Crippen molar-refractivity contribution >= 4 is 34.8 Å². The maximum atomic E-state index is 12.8. The summed E-state index contributed by atoms with van der Waals surface area (Å²) in [5.41, 5.74) is 1.41. The molecule has 0 radical (unpaired) electrons. The van der Waals surface area contributed by atoms with Gasteiger partial charge in [-0.2, -0.15) is 13.2 Å². The van der Waals surface area contributed by atoms with E-state index in [0.717, 1.165) is 30.5 Å². The zero-order valence-electron chi connectivity index (χ0n) is 16.3. The first-order valence-electron chi connectivity index (χ1n) is 9.84. The fourth-order valence-electron chi connectivity index (χ4n) is 3.46. The number of hydrogen-bond acceptors (Lipinski definition) is 3. The van der Waals surface area contributed by atoms with E-state index >= 15 is 0 Å². The van der Waals surface area contributed by atoms with Gasteiger partial charge in [0.15, 0.2) is 6.10 Å². The summed E-state index contributed by atoms with van der Waals surface area (Å²) >= 11 is 12.0. The lowest BCUT2D eigenvalue weighted by Crippen LogP contribution is -2.38. The lowest BCUT2D eigenvalue weighted by Gasteiger charge is -2.25. The van der Waals surface area contributed by atoms with Crippen LogP contribution in [0.15, 0.2) is 47.6 Å². The molecule has 1 atom stereocenters. The van der Waals surface area contributed by atoms with E-state index in [2.05, 4.69) is 5.16 Å². The van der Waals surface area contributed by atoms with E-state index < -0.39 is 11.7 Å². The van der Waals surface area contributed by atoms with Crippen molar-refractivity contribution in [3.05, 3.63) is 69.2 Å². The average Bonchev–Trinajstić information content (AvgIpc) is 3.47. The Kier molecular flexibility index (Phi) is 6.17. The molecule has 4 rings (SSSR count). The summed E-state index contributed by atoms with van der Waals surface area (Å²) in [4.78, 5) is 20.0. The molecule has 31 heavy (non-hydrogen) atoms. The Labute approximate surface area is 187 Å². The maximum Gasteiger partial charge on any atom is 0.416 e. The quantitative estimate of drug-likeness (QED) is 0.523. The van der Waals surface area contributed by atoms with E-state index in [4.69, 9.17) is 28.0 Å². The van der Waals surface area contributed by atoms with Crippen LogP contribution in [-0.4, -0.2) is 29.2 Å². The van der Waals surface area contributed by atoms with Crippen LogP contribution in [-0.2, 0) is 22.4 Å². The Balaban J connectivity index is 1.43. The van der Waals surface area contributed by atoms with Gasteiger partial charge < -0.3 is 9.74 Å². The molecule has 1 aliphatic heterocycles. The van der Waals surface area contributed by atoms with Crippen LogP contribution in [0.25, 0.3) is 0 Å². The SMILES string of the molecule is O=C(C1CC1)N(Cc1ccc(C(F)(F)F)cc1)C[C@@H]1CC(c2ccc(Cl)c(Cl)c2)=NO1. The monoisotopic (exact) mass is 470 g/mol. The highest BCUT2D eigenvalue weighted by molar-refractivity contribution is 6.42. The van der Waals surface area contributed by atoms with E-state index in [0.29, 0.717) is 34.3 Å². The molecule has 0 N–H and O–H groups in total. The smallest absolute Gasteiger partial charge is 0.390 e. The zero-order chi connectivity index (χ0) is 22.2. The summed E-state index contributed by atoms with van der Waals surface area (Å²) < 4.78 is 38.4.